The van der Waals surface area contributed by atoms with E-state index in [9.17, 15) is 9.30 Å². The van der Waals surface area contributed by atoms with Gasteiger partial charge in [-0.25, -0.2) is 4.39 Å². The number of nitroso groups, excluding NO2 is 1. The van der Waals surface area contributed by atoms with Gasteiger partial charge in [0.15, 0.2) is 5.82 Å². The van der Waals surface area contributed by atoms with E-state index in [1.165, 1.54) is 12.1 Å². The lowest BCUT2D eigenvalue weighted by molar-refractivity contribution is 0.628. The maximum absolute atomic E-state index is 12.9. The van der Waals surface area contributed by atoms with E-state index < -0.39 is 0 Å². The van der Waals surface area contributed by atoms with E-state index in [-0.39, 0.29) is 11.6 Å². The van der Waals surface area contributed by atoms with Crippen molar-refractivity contribution in [2.24, 2.45) is 5.18 Å². The number of halogens is 1. The third-order valence-electron chi connectivity index (χ3n) is 3.13. The van der Waals surface area contributed by atoms with Gasteiger partial charge in [-0.3, -0.25) is 0 Å². The molecule has 1 heterocycles. The molecule has 0 radical (unpaired) electrons. The molecule has 20 heavy (non-hydrogen) atoms. The van der Waals surface area contributed by atoms with Gasteiger partial charge < -0.3 is 4.98 Å². The fourth-order valence-corrected chi connectivity index (χ4v) is 2.14. The lowest BCUT2D eigenvalue weighted by Crippen LogP contribution is -1.77. The highest BCUT2D eigenvalue weighted by Crippen LogP contribution is 2.34. The molecule has 0 spiro atoms. The van der Waals surface area contributed by atoms with Crippen LogP contribution in [0.3, 0.4) is 0 Å². The standard InChI is InChI=1S/C16H11FN2O/c17-13-8-6-12(7-9-13)15-10-14(16(18-15)19-20)11-4-2-1-3-5-11/h1-10,18H. The van der Waals surface area contributed by atoms with Crippen molar-refractivity contribution in [3.8, 4) is 22.4 Å². The van der Waals surface area contributed by atoms with Gasteiger partial charge in [-0.15, -0.1) is 4.91 Å². The molecule has 0 atom stereocenters. The zero-order valence-electron chi connectivity index (χ0n) is 10.5. The van der Waals surface area contributed by atoms with Crippen LogP contribution in [0.4, 0.5) is 10.2 Å². The summed E-state index contributed by atoms with van der Waals surface area (Å²) in [6.07, 6.45) is 0. The van der Waals surface area contributed by atoms with Crippen molar-refractivity contribution in [1.82, 2.24) is 4.98 Å². The molecule has 2 aromatic carbocycles. The fraction of sp³-hybridized carbons (Fsp3) is 0. The maximum Gasteiger partial charge on any atom is 0.183 e. The largest absolute Gasteiger partial charge is 0.336 e. The number of H-pyrrole nitrogens is 1. The van der Waals surface area contributed by atoms with Crippen molar-refractivity contribution in [3.63, 3.8) is 0 Å². The van der Waals surface area contributed by atoms with E-state index in [4.69, 9.17) is 0 Å². The third kappa shape index (κ3) is 2.23. The molecule has 3 nitrogen and oxygen atoms in total. The smallest absolute Gasteiger partial charge is 0.183 e. The number of benzene rings is 2. The average molecular weight is 266 g/mol. The summed E-state index contributed by atoms with van der Waals surface area (Å²) >= 11 is 0. The second-order valence-corrected chi connectivity index (χ2v) is 4.41. The van der Waals surface area contributed by atoms with Crippen LogP contribution < -0.4 is 0 Å². The lowest BCUT2D eigenvalue weighted by atomic mass is 10.1. The Kier molecular flexibility index (Phi) is 3.13. The minimum Gasteiger partial charge on any atom is -0.336 e. The average Bonchev–Trinajstić information content (AvgIpc) is 2.93. The summed E-state index contributed by atoms with van der Waals surface area (Å²) in [4.78, 5) is 13.9. The first-order valence-electron chi connectivity index (χ1n) is 6.15. The Morgan fingerprint density at radius 1 is 0.900 bits per heavy atom. The van der Waals surface area contributed by atoms with Gasteiger partial charge in [0.25, 0.3) is 0 Å². The van der Waals surface area contributed by atoms with Crippen LogP contribution in [0.1, 0.15) is 0 Å². The van der Waals surface area contributed by atoms with Crippen LogP contribution in [0, 0.1) is 10.7 Å². The normalized spacial score (nSPS) is 10.4. The predicted molar refractivity (Wildman–Crippen MR) is 77.1 cm³/mol. The van der Waals surface area contributed by atoms with Crippen LogP contribution in [-0.4, -0.2) is 4.98 Å². The molecule has 0 saturated heterocycles. The van der Waals surface area contributed by atoms with E-state index in [2.05, 4.69) is 10.2 Å². The van der Waals surface area contributed by atoms with Crippen molar-refractivity contribution in [2.45, 2.75) is 0 Å². The first kappa shape index (κ1) is 12.3. The zero-order chi connectivity index (χ0) is 13.9. The van der Waals surface area contributed by atoms with Gasteiger partial charge in [0.1, 0.15) is 5.82 Å². The van der Waals surface area contributed by atoms with E-state index in [1.54, 1.807) is 12.1 Å². The molecule has 0 aliphatic heterocycles. The molecule has 0 bridgehead atoms. The molecule has 4 heteroatoms. The Balaban J connectivity index is 2.09. The molecule has 1 N–H and O–H groups in total. The molecule has 0 unspecified atom stereocenters. The molecule has 0 aliphatic rings. The topological polar surface area (TPSA) is 45.2 Å². The van der Waals surface area contributed by atoms with Crippen molar-refractivity contribution in [1.29, 1.82) is 0 Å². The van der Waals surface area contributed by atoms with Crippen LogP contribution in [-0.2, 0) is 0 Å². The third-order valence-corrected chi connectivity index (χ3v) is 3.13. The van der Waals surface area contributed by atoms with Crippen LogP contribution in [0.2, 0.25) is 0 Å². The van der Waals surface area contributed by atoms with Crippen molar-refractivity contribution >= 4 is 5.82 Å². The minimum atomic E-state index is -0.294. The number of rotatable bonds is 3. The summed E-state index contributed by atoms with van der Waals surface area (Å²) < 4.78 is 12.9. The van der Waals surface area contributed by atoms with Crippen LogP contribution in [0.5, 0.6) is 0 Å². The van der Waals surface area contributed by atoms with Gasteiger partial charge in [-0.05, 0) is 46.6 Å². The summed E-state index contributed by atoms with van der Waals surface area (Å²) in [6.45, 7) is 0. The molecule has 0 fully saturated rings. The molecular weight excluding hydrogens is 255 g/mol. The lowest BCUT2D eigenvalue weighted by Gasteiger charge is -1.97. The highest BCUT2D eigenvalue weighted by Gasteiger charge is 2.11. The van der Waals surface area contributed by atoms with Gasteiger partial charge in [-0.2, -0.15) is 0 Å². The minimum absolute atomic E-state index is 0.274. The molecule has 98 valence electrons. The molecule has 3 aromatic rings. The van der Waals surface area contributed by atoms with Gasteiger partial charge in [-0.1, -0.05) is 30.3 Å². The Labute approximate surface area is 115 Å². The van der Waals surface area contributed by atoms with E-state index in [0.29, 0.717) is 0 Å². The quantitative estimate of drug-likeness (QED) is 0.674. The van der Waals surface area contributed by atoms with Crippen molar-refractivity contribution < 1.29 is 4.39 Å². The SMILES string of the molecule is O=Nc1[nH]c(-c2ccc(F)cc2)cc1-c1ccccc1. The molecule has 3 rings (SSSR count). The molecule has 1 aromatic heterocycles. The highest BCUT2D eigenvalue weighted by molar-refractivity contribution is 5.80. The Morgan fingerprint density at radius 3 is 2.25 bits per heavy atom. The number of aromatic amines is 1. The van der Waals surface area contributed by atoms with Crippen LogP contribution >= 0.6 is 0 Å². The van der Waals surface area contributed by atoms with E-state index in [1.807, 2.05) is 36.4 Å². The number of aromatic nitrogens is 1. The monoisotopic (exact) mass is 266 g/mol. The summed E-state index contributed by atoms with van der Waals surface area (Å²) in [5.41, 5.74) is 3.18. The maximum atomic E-state index is 12.9. The Bertz CT molecular complexity index is 733. The molecule has 0 saturated carbocycles. The van der Waals surface area contributed by atoms with E-state index in [0.717, 1.165) is 22.4 Å². The van der Waals surface area contributed by atoms with Gasteiger partial charge >= 0.3 is 0 Å². The van der Waals surface area contributed by atoms with Crippen molar-refractivity contribution in [3.05, 3.63) is 71.4 Å². The summed E-state index contributed by atoms with van der Waals surface area (Å²) in [7, 11) is 0. The predicted octanol–water partition coefficient (Wildman–Crippen LogP) is 4.89. The highest BCUT2D eigenvalue weighted by atomic mass is 19.1. The zero-order valence-corrected chi connectivity index (χ0v) is 10.5. The second kappa shape index (κ2) is 5.09. The van der Waals surface area contributed by atoms with E-state index >= 15 is 0 Å². The number of nitrogens with one attached hydrogen (secondary N) is 1. The summed E-state index contributed by atoms with van der Waals surface area (Å²) in [5.74, 6) is -0.0205. The molecule has 0 amide bonds. The molecular formula is C16H11FN2O. The second-order valence-electron chi connectivity index (χ2n) is 4.41. The van der Waals surface area contributed by atoms with Crippen LogP contribution in [0.15, 0.2) is 65.8 Å². The Morgan fingerprint density at radius 2 is 1.60 bits per heavy atom. The van der Waals surface area contributed by atoms with Crippen LogP contribution in [0.25, 0.3) is 22.4 Å². The van der Waals surface area contributed by atoms with Gasteiger partial charge in [0.05, 0.1) is 0 Å². The fourth-order valence-electron chi connectivity index (χ4n) is 2.14. The number of hydrogen-bond acceptors (Lipinski definition) is 2. The summed E-state index contributed by atoms with van der Waals surface area (Å²) in [5, 5.41) is 3.03. The Hall–Kier alpha value is -2.75. The van der Waals surface area contributed by atoms with Crippen molar-refractivity contribution in [2.75, 3.05) is 0 Å². The van der Waals surface area contributed by atoms with Gasteiger partial charge in [0, 0.05) is 11.3 Å². The first-order valence-corrected chi connectivity index (χ1v) is 6.15. The number of nitrogens with zero attached hydrogens (tertiary/aromatic N) is 1. The first-order chi connectivity index (χ1) is 9.78. The number of hydrogen-bond donors (Lipinski definition) is 1. The molecule has 0 aliphatic carbocycles. The van der Waals surface area contributed by atoms with Gasteiger partial charge in [0.2, 0.25) is 0 Å². The summed E-state index contributed by atoms with van der Waals surface area (Å²) in [6, 6.07) is 17.4.